The van der Waals surface area contributed by atoms with Gasteiger partial charge in [-0.3, -0.25) is 4.57 Å². The minimum atomic E-state index is -1.18. The van der Waals surface area contributed by atoms with Gasteiger partial charge in [0.15, 0.2) is 11.5 Å². The Morgan fingerprint density at radius 1 is 0.950 bits per heavy atom. The summed E-state index contributed by atoms with van der Waals surface area (Å²) in [6.07, 6.45) is 3.29. The van der Waals surface area contributed by atoms with Crippen molar-refractivity contribution in [2.75, 3.05) is 11.1 Å². The molecule has 9 nitrogen and oxygen atoms in total. The van der Waals surface area contributed by atoms with Crippen LogP contribution in [0.3, 0.4) is 0 Å². The third kappa shape index (κ3) is 4.69. The number of aromatic nitrogens is 5. The second kappa shape index (κ2) is 10.3. The molecule has 0 atom stereocenters. The molecular weight excluding hydrogens is 509 g/mol. The number of nitrogens with zero attached hydrogens (tertiary/aromatic N) is 5. The summed E-state index contributed by atoms with van der Waals surface area (Å²) in [4.78, 5) is 29.6. The van der Waals surface area contributed by atoms with Crippen LogP contribution in [0.2, 0.25) is 0 Å². The number of halogens is 1. The van der Waals surface area contributed by atoms with Crippen molar-refractivity contribution in [3.8, 4) is 28.3 Å². The quantitative estimate of drug-likeness (QED) is 0.243. The summed E-state index contributed by atoms with van der Waals surface area (Å²) in [6.45, 7) is 0.131. The maximum atomic E-state index is 14.3. The Balaban J connectivity index is 1.38. The summed E-state index contributed by atoms with van der Waals surface area (Å²) in [7, 11) is 0. The van der Waals surface area contributed by atoms with Crippen LogP contribution in [0.1, 0.15) is 15.9 Å². The van der Waals surface area contributed by atoms with Crippen LogP contribution in [0.4, 0.5) is 16.0 Å². The van der Waals surface area contributed by atoms with Crippen LogP contribution in [0.15, 0.2) is 97.3 Å². The van der Waals surface area contributed by atoms with Crippen molar-refractivity contribution in [1.82, 2.24) is 24.5 Å². The van der Waals surface area contributed by atoms with Crippen molar-refractivity contribution in [1.29, 1.82) is 0 Å². The topological polar surface area (TPSA) is 132 Å². The number of carboxylic acids is 1. The van der Waals surface area contributed by atoms with Crippen molar-refractivity contribution in [2.24, 2.45) is 0 Å². The van der Waals surface area contributed by atoms with E-state index in [4.69, 9.17) is 20.8 Å². The monoisotopic (exact) mass is 531 g/mol. The number of hydrogen-bond donors (Lipinski definition) is 3. The summed E-state index contributed by atoms with van der Waals surface area (Å²) < 4.78 is 16.2. The van der Waals surface area contributed by atoms with Crippen LogP contribution >= 0.6 is 0 Å². The fraction of sp³-hybridized carbons (Fsp3) is 0.0333. The number of aromatic carboxylic acids is 1. The first-order valence-electron chi connectivity index (χ1n) is 12.4. The minimum Gasteiger partial charge on any atom is -0.478 e. The van der Waals surface area contributed by atoms with Gasteiger partial charge in [-0.05, 0) is 48.5 Å². The first-order valence-corrected chi connectivity index (χ1v) is 12.4. The van der Waals surface area contributed by atoms with Gasteiger partial charge in [-0.25, -0.2) is 29.1 Å². The Bertz CT molecular complexity index is 1850. The fourth-order valence-corrected chi connectivity index (χ4v) is 4.39. The van der Waals surface area contributed by atoms with E-state index >= 15 is 0 Å². The smallest absolute Gasteiger partial charge is 0.335 e. The van der Waals surface area contributed by atoms with E-state index in [0.717, 1.165) is 17.3 Å². The maximum Gasteiger partial charge on any atom is 0.335 e. The maximum absolute atomic E-state index is 14.3. The number of nitrogen functional groups attached to an aromatic ring is 1. The van der Waals surface area contributed by atoms with Crippen LogP contribution in [0, 0.1) is 5.82 Å². The molecule has 40 heavy (non-hydrogen) atoms. The van der Waals surface area contributed by atoms with Gasteiger partial charge in [0.25, 0.3) is 0 Å². The third-order valence-electron chi connectivity index (χ3n) is 6.42. The van der Waals surface area contributed by atoms with Gasteiger partial charge < -0.3 is 16.2 Å². The Labute approximate surface area is 227 Å². The average molecular weight is 532 g/mol. The van der Waals surface area contributed by atoms with E-state index in [1.807, 2.05) is 59.2 Å². The van der Waals surface area contributed by atoms with Gasteiger partial charge in [-0.15, -0.1) is 0 Å². The number of pyridine rings is 3. The number of nitrogens with one attached hydrogen (secondary N) is 1. The molecule has 0 radical (unpaired) electrons. The van der Waals surface area contributed by atoms with Crippen LogP contribution in [-0.2, 0) is 6.54 Å². The molecule has 0 aliphatic heterocycles. The average Bonchev–Trinajstić information content (AvgIpc) is 3.36. The summed E-state index contributed by atoms with van der Waals surface area (Å²) in [5, 5.41) is 12.1. The second-order valence-electron chi connectivity index (χ2n) is 8.98. The number of benzene rings is 2. The van der Waals surface area contributed by atoms with Gasteiger partial charge >= 0.3 is 5.97 Å². The van der Waals surface area contributed by atoms with Gasteiger partial charge in [-0.1, -0.05) is 36.4 Å². The van der Waals surface area contributed by atoms with Crippen molar-refractivity contribution < 1.29 is 14.3 Å². The minimum absolute atomic E-state index is 0.106. The Morgan fingerprint density at radius 3 is 2.52 bits per heavy atom. The Kier molecular flexibility index (Phi) is 6.33. The number of carboxylic acid groups (broad SMARTS) is 1. The standard InChI is InChI=1S/C30H22FN7O2/c31-23-15-19(30(39)40)8-9-20(23)16-34-26-13-10-21(17-35-26)38-28(22-7-4-14-33-27(22)32)37-25-12-11-24(36-29(25)38)18-5-2-1-3-6-18/h1-15,17H,16H2,(H2,32,33)(H,34,35)(H,39,40). The molecule has 0 spiro atoms. The molecule has 196 valence electrons. The number of fused-ring (bicyclic) bond motifs is 1. The highest BCUT2D eigenvalue weighted by Gasteiger charge is 2.19. The van der Waals surface area contributed by atoms with E-state index in [1.165, 1.54) is 12.1 Å². The Hall–Kier alpha value is -5.64. The fourth-order valence-electron chi connectivity index (χ4n) is 4.39. The van der Waals surface area contributed by atoms with Crippen LogP contribution in [0.25, 0.3) is 39.5 Å². The molecule has 0 bridgehead atoms. The van der Waals surface area contributed by atoms with Crippen molar-refractivity contribution >= 4 is 28.8 Å². The zero-order valence-corrected chi connectivity index (χ0v) is 21.0. The second-order valence-corrected chi connectivity index (χ2v) is 8.98. The lowest BCUT2D eigenvalue weighted by Crippen LogP contribution is -2.06. The highest BCUT2D eigenvalue weighted by Crippen LogP contribution is 2.31. The molecule has 0 fully saturated rings. The molecule has 10 heteroatoms. The van der Waals surface area contributed by atoms with Crippen molar-refractivity contribution in [2.45, 2.75) is 6.54 Å². The molecule has 2 aromatic carbocycles. The largest absolute Gasteiger partial charge is 0.478 e. The molecule has 6 rings (SSSR count). The summed E-state index contributed by atoms with van der Waals surface area (Å²) >= 11 is 0. The zero-order chi connectivity index (χ0) is 27.6. The molecular formula is C30H22FN7O2. The van der Waals surface area contributed by atoms with Gasteiger partial charge in [-0.2, -0.15) is 0 Å². The number of anilines is 2. The molecule has 0 saturated carbocycles. The lowest BCUT2D eigenvalue weighted by Gasteiger charge is -2.12. The molecule has 4 N–H and O–H groups in total. The lowest BCUT2D eigenvalue weighted by molar-refractivity contribution is 0.0696. The van der Waals surface area contributed by atoms with E-state index in [9.17, 15) is 9.18 Å². The first kappa shape index (κ1) is 24.7. The number of imidazole rings is 1. The highest BCUT2D eigenvalue weighted by atomic mass is 19.1. The number of rotatable bonds is 7. The number of hydrogen-bond acceptors (Lipinski definition) is 7. The zero-order valence-electron chi connectivity index (χ0n) is 21.0. The molecule has 0 aliphatic carbocycles. The van der Waals surface area contributed by atoms with E-state index in [2.05, 4.69) is 15.3 Å². The molecule has 0 aliphatic rings. The van der Waals surface area contributed by atoms with Crippen molar-refractivity contribution in [3.63, 3.8) is 0 Å². The molecule has 4 heterocycles. The predicted octanol–water partition coefficient (Wildman–Crippen LogP) is 5.58. The lowest BCUT2D eigenvalue weighted by atomic mass is 10.1. The number of carbonyl (C=O) groups is 1. The van der Waals surface area contributed by atoms with E-state index < -0.39 is 11.8 Å². The predicted molar refractivity (Wildman–Crippen MR) is 150 cm³/mol. The Morgan fingerprint density at radius 2 is 1.80 bits per heavy atom. The summed E-state index contributed by atoms with van der Waals surface area (Å²) in [5.74, 6) is -0.366. The molecule has 0 unspecified atom stereocenters. The normalized spacial score (nSPS) is 11.0. The van der Waals surface area contributed by atoms with E-state index in [0.29, 0.717) is 45.4 Å². The van der Waals surface area contributed by atoms with Crippen LogP contribution in [-0.4, -0.2) is 35.6 Å². The van der Waals surface area contributed by atoms with Gasteiger partial charge in [0.2, 0.25) is 0 Å². The van der Waals surface area contributed by atoms with E-state index in [1.54, 1.807) is 24.5 Å². The van der Waals surface area contributed by atoms with Gasteiger partial charge in [0, 0.05) is 23.9 Å². The van der Waals surface area contributed by atoms with Gasteiger partial charge in [0.05, 0.1) is 28.7 Å². The summed E-state index contributed by atoms with van der Waals surface area (Å²) in [5.41, 5.74) is 10.9. The molecule has 4 aromatic heterocycles. The molecule has 0 saturated heterocycles. The first-order chi connectivity index (χ1) is 19.5. The highest BCUT2D eigenvalue weighted by molar-refractivity contribution is 5.87. The SMILES string of the molecule is Nc1ncccc1-c1nc2ccc(-c3ccccc3)nc2n1-c1ccc(NCc2ccc(C(=O)O)cc2F)nc1. The van der Waals surface area contributed by atoms with Crippen LogP contribution in [0.5, 0.6) is 0 Å². The van der Waals surface area contributed by atoms with E-state index in [-0.39, 0.29) is 12.1 Å². The van der Waals surface area contributed by atoms with Gasteiger partial charge in [0.1, 0.15) is 23.0 Å². The molecule has 0 amide bonds. The van der Waals surface area contributed by atoms with Crippen molar-refractivity contribution in [3.05, 3.63) is 114 Å². The summed E-state index contributed by atoms with van der Waals surface area (Å²) in [6, 6.07) is 24.8. The molecule has 6 aromatic rings. The third-order valence-corrected chi connectivity index (χ3v) is 6.42. The van der Waals surface area contributed by atoms with Crippen LogP contribution < -0.4 is 11.1 Å². The number of nitrogens with two attached hydrogens (primary N) is 1.